The molecule has 1 saturated heterocycles. The van der Waals surface area contributed by atoms with Gasteiger partial charge in [-0.15, -0.1) is 0 Å². The molecular weight excluding hydrogens is 136 g/mol. The van der Waals surface area contributed by atoms with Gasteiger partial charge in [-0.05, 0) is 52.0 Å². The van der Waals surface area contributed by atoms with E-state index in [-0.39, 0.29) is 0 Å². The van der Waals surface area contributed by atoms with Crippen LogP contribution in [0.4, 0.5) is 0 Å². The normalized spacial score (nSPS) is 24.8. The lowest BCUT2D eigenvalue weighted by Crippen LogP contribution is -2.21. The van der Waals surface area contributed by atoms with Crippen molar-refractivity contribution in [1.29, 1.82) is 0 Å². The van der Waals surface area contributed by atoms with E-state index in [1.54, 1.807) is 0 Å². The third-order valence-corrected chi connectivity index (χ3v) is 2.62. The van der Waals surface area contributed by atoms with Crippen LogP contribution in [0, 0.1) is 5.92 Å². The SMILES string of the molecule is CCN(C)CCC1CCNC1. The Morgan fingerprint density at radius 2 is 2.36 bits per heavy atom. The van der Waals surface area contributed by atoms with Crippen molar-refractivity contribution in [2.75, 3.05) is 33.2 Å². The Labute approximate surface area is 70.0 Å². The average Bonchev–Trinajstić information content (AvgIpc) is 2.52. The van der Waals surface area contributed by atoms with Crippen LogP contribution in [-0.2, 0) is 0 Å². The Balaban J connectivity index is 2.01. The predicted molar refractivity (Wildman–Crippen MR) is 48.8 cm³/mol. The van der Waals surface area contributed by atoms with Crippen molar-refractivity contribution >= 4 is 0 Å². The molecule has 1 fully saturated rings. The molecule has 1 unspecified atom stereocenters. The van der Waals surface area contributed by atoms with Crippen molar-refractivity contribution in [2.45, 2.75) is 19.8 Å². The Morgan fingerprint density at radius 3 is 2.91 bits per heavy atom. The topological polar surface area (TPSA) is 15.3 Å². The van der Waals surface area contributed by atoms with Gasteiger partial charge in [0, 0.05) is 0 Å². The Bertz CT molecular complexity index is 97.7. The molecule has 0 aliphatic carbocycles. The highest BCUT2D eigenvalue weighted by Crippen LogP contribution is 2.11. The minimum atomic E-state index is 0.948. The molecule has 0 saturated carbocycles. The van der Waals surface area contributed by atoms with E-state index >= 15 is 0 Å². The summed E-state index contributed by atoms with van der Waals surface area (Å²) in [6.45, 7) is 7.15. The number of hydrogen-bond acceptors (Lipinski definition) is 2. The summed E-state index contributed by atoms with van der Waals surface area (Å²) < 4.78 is 0. The van der Waals surface area contributed by atoms with Crippen molar-refractivity contribution in [3.63, 3.8) is 0 Å². The van der Waals surface area contributed by atoms with Crippen LogP contribution in [0.1, 0.15) is 19.8 Å². The zero-order valence-corrected chi connectivity index (χ0v) is 7.77. The van der Waals surface area contributed by atoms with Gasteiger partial charge in [0.15, 0.2) is 0 Å². The van der Waals surface area contributed by atoms with Crippen LogP contribution in [-0.4, -0.2) is 38.1 Å². The first-order valence-electron chi connectivity index (χ1n) is 4.72. The second-order valence-corrected chi connectivity index (χ2v) is 3.54. The number of rotatable bonds is 4. The maximum absolute atomic E-state index is 3.40. The zero-order chi connectivity index (χ0) is 8.10. The second-order valence-electron chi connectivity index (χ2n) is 3.54. The first-order valence-corrected chi connectivity index (χ1v) is 4.72. The fourth-order valence-electron chi connectivity index (χ4n) is 1.52. The summed E-state index contributed by atoms with van der Waals surface area (Å²) in [7, 11) is 2.20. The molecule has 2 nitrogen and oxygen atoms in total. The van der Waals surface area contributed by atoms with E-state index in [9.17, 15) is 0 Å². The molecule has 0 bridgehead atoms. The van der Waals surface area contributed by atoms with Gasteiger partial charge in [0.1, 0.15) is 0 Å². The van der Waals surface area contributed by atoms with Crippen molar-refractivity contribution in [3.05, 3.63) is 0 Å². The first kappa shape index (κ1) is 9.01. The third kappa shape index (κ3) is 3.21. The molecule has 1 N–H and O–H groups in total. The van der Waals surface area contributed by atoms with Gasteiger partial charge in [0.05, 0.1) is 0 Å². The minimum absolute atomic E-state index is 0.948. The predicted octanol–water partition coefficient (Wildman–Crippen LogP) is 0.938. The Kier molecular flexibility index (Phi) is 3.87. The van der Waals surface area contributed by atoms with Gasteiger partial charge in [-0.3, -0.25) is 0 Å². The molecular formula is C9H20N2. The van der Waals surface area contributed by atoms with E-state index in [0.29, 0.717) is 0 Å². The van der Waals surface area contributed by atoms with Crippen molar-refractivity contribution in [3.8, 4) is 0 Å². The molecule has 0 spiro atoms. The Hall–Kier alpha value is -0.0800. The van der Waals surface area contributed by atoms with Gasteiger partial charge >= 0.3 is 0 Å². The first-order chi connectivity index (χ1) is 5.33. The maximum atomic E-state index is 3.40. The van der Waals surface area contributed by atoms with Crippen LogP contribution in [0.5, 0.6) is 0 Å². The second kappa shape index (κ2) is 4.73. The van der Waals surface area contributed by atoms with E-state index < -0.39 is 0 Å². The molecule has 0 aromatic carbocycles. The van der Waals surface area contributed by atoms with Crippen molar-refractivity contribution < 1.29 is 0 Å². The van der Waals surface area contributed by atoms with Crippen LogP contribution in [0.3, 0.4) is 0 Å². The smallest absolute Gasteiger partial charge is 0.00188 e. The van der Waals surface area contributed by atoms with Gasteiger partial charge in [-0.25, -0.2) is 0 Å². The molecule has 1 atom stereocenters. The highest BCUT2D eigenvalue weighted by Gasteiger charge is 2.13. The van der Waals surface area contributed by atoms with E-state index in [1.165, 1.54) is 39.0 Å². The fraction of sp³-hybridized carbons (Fsp3) is 1.00. The lowest BCUT2D eigenvalue weighted by molar-refractivity contribution is 0.319. The van der Waals surface area contributed by atoms with E-state index in [0.717, 1.165) is 5.92 Å². The summed E-state index contributed by atoms with van der Waals surface area (Å²) in [6.07, 6.45) is 2.76. The van der Waals surface area contributed by atoms with Gasteiger partial charge in [-0.1, -0.05) is 6.92 Å². The molecule has 0 radical (unpaired) electrons. The van der Waals surface area contributed by atoms with Crippen LogP contribution in [0.2, 0.25) is 0 Å². The fourth-order valence-corrected chi connectivity index (χ4v) is 1.52. The molecule has 11 heavy (non-hydrogen) atoms. The van der Waals surface area contributed by atoms with E-state index in [4.69, 9.17) is 0 Å². The summed E-state index contributed by atoms with van der Waals surface area (Å²) in [4.78, 5) is 2.39. The van der Waals surface area contributed by atoms with Crippen LogP contribution < -0.4 is 5.32 Å². The molecule has 1 aliphatic heterocycles. The largest absolute Gasteiger partial charge is 0.316 e. The van der Waals surface area contributed by atoms with Crippen LogP contribution in [0.25, 0.3) is 0 Å². The highest BCUT2D eigenvalue weighted by atomic mass is 15.1. The summed E-state index contributed by atoms with van der Waals surface area (Å²) in [5.74, 6) is 0.948. The number of hydrogen-bond donors (Lipinski definition) is 1. The van der Waals surface area contributed by atoms with E-state index in [2.05, 4.69) is 24.2 Å². The van der Waals surface area contributed by atoms with Gasteiger partial charge < -0.3 is 10.2 Å². The molecule has 0 aromatic heterocycles. The minimum Gasteiger partial charge on any atom is -0.316 e. The lowest BCUT2D eigenvalue weighted by Gasteiger charge is -2.15. The third-order valence-electron chi connectivity index (χ3n) is 2.62. The molecule has 66 valence electrons. The summed E-state index contributed by atoms with van der Waals surface area (Å²) in [5, 5.41) is 3.40. The molecule has 1 heterocycles. The molecule has 2 heteroatoms. The standard InChI is InChI=1S/C9H20N2/c1-3-11(2)7-5-9-4-6-10-8-9/h9-10H,3-8H2,1-2H3. The monoisotopic (exact) mass is 156 g/mol. The zero-order valence-electron chi connectivity index (χ0n) is 7.77. The van der Waals surface area contributed by atoms with E-state index in [1.807, 2.05) is 0 Å². The summed E-state index contributed by atoms with van der Waals surface area (Å²) in [5.41, 5.74) is 0. The maximum Gasteiger partial charge on any atom is -0.00188 e. The van der Waals surface area contributed by atoms with Gasteiger partial charge in [-0.2, -0.15) is 0 Å². The lowest BCUT2D eigenvalue weighted by atomic mass is 10.1. The highest BCUT2D eigenvalue weighted by molar-refractivity contribution is 4.71. The summed E-state index contributed by atoms with van der Waals surface area (Å²) >= 11 is 0. The van der Waals surface area contributed by atoms with Crippen molar-refractivity contribution in [1.82, 2.24) is 10.2 Å². The van der Waals surface area contributed by atoms with Crippen LogP contribution in [0.15, 0.2) is 0 Å². The molecule has 1 aliphatic rings. The van der Waals surface area contributed by atoms with Gasteiger partial charge in [0.2, 0.25) is 0 Å². The van der Waals surface area contributed by atoms with Crippen molar-refractivity contribution in [2.24, 2.45) is 5.92 Å². The molecule has 0 amide bonds. The van der Waals surface area contributed by atoms with Crippen LogP contribution >= 0.6 is 0 Å². The number of nitrogens with zero attached hydrogens (tertiary/aromatic N) is 1. The molecule has 1 rings (SSSR count). The quantitative estimate of drug-likeness (QED) is 0.651. The number of nitrogens with one attached hydrogen (secondary N) is 1. The Morgan fingerprint density at radius 1 is 1.55 bits per heavy atom. The average molecular weight is 156 g/mol. The summed E-state index contributed by atoms with van der Waals surface area (Å²) in [6, 6.07) is 0. The van der Waals surface area contributed by atoms with Gasteiger partial charge in [0.25, 0.3) is 0 Å². The molecule has 0 aromatic rings.